The van der Waals surface area contributed by atoms with Gasteiger partial charge in [-0.25, -0.2) is 21.9 Å². The van der Waals surface area contributed by atoms with Crippen LogP contribution in [0.5, 0.6) is 0 Å². The molecule has 0 atom stereocenters. The molecule has 0 aliphatic carbocycles. The van der Waals surface area contributed by atoms with Crippen LogP contribution in [0.2, 0.25) is 0 Å². The van der Waals surface area contributed by atoms with Crippen molar-refractivity contribution in [3.63, 3.8) is 0 Å². The van der Waals surface area contributed by atoms with E-state index in [1.54, 1.807) is 13.8 Å². The molecule has 0 radical (unpaired) electrons. The summed E-state index contributed by atoms with van der Waals surface area (Å²) in [4.78, 5) is 0. The SMILES string of the molecule is CC(C)(CNc1c(N)ccc(F)c1F)NS(C)(=O)=O. The molecule has 0 fully saturated rings. The first-order valence-corrected chi connectivity index (χ1v) is 7.37. The van der Waals surface area contributed by atoms with Gasteiger partial charge in [-0.3, -0.25) is 0 Å². The largest absolute Gasteiger partial charge is 0.397 e. The summed E-state index contributed by atoms with van der Waals surface area (Å²) in [7, 11) is -3.40. The molecule has 0 saturated carbocycles. The van der Waals surface area contributed by atoms with E-state index in [2.05, 4.69) is 10.0 Å². The normalized spacial score (nSPS) is 12.5. The Morgan fingerprint density at radius 2 is 1.89 bits per heavy atom. The minimum Gasteiger partial charge on any atom is -0.397 e. The summed E-state index contributed by atoms with van der Waals surface area (Å²) in [5.41, 5.74) is 4.54. The highest BCUT2D eigenvalue weighted by Gasteiger charge is 2.23. The molecule has 0 bridgehead atoms. The topological polar surface area (TPSA) is 84.2 Å². The van der Waals surface area contributed by atoms with Gasteiger partial charge < -0.3 is 11.1 Å². The molecule has 8 heteroatoms. The van der Waals surface area contributed by atoms with Crippen LogP contribution in [0.25, 0.3) is 0 Å². The van der Waals surface area contributed by atoms with Gasteiger partial charge in [0.25, 0.3) is 0 Å². The number of rotatable bonds is 5. The second-order valence-corrected chi connectivity index (χ2v) is 6.69. The van der Waals surface area contributed by atoms with Gasteiger partial charge in [0.1, 0.15) is 0 Å². The molecule has 5 nitrogen and oxygen atoms in total. The first-order valence-electron chi connectivity index (χ1n) is 5.48. The maximum atomic E-state index is 13.5. The highest BCUT2D eigenvalue weighted by atomic mass is 32.2. The van der Waals surface area contributed by atoms with Crippen LogP contribution in [0.1, 0.15) is 13.8 Å². The van der Waals surface area contributed by atoms with E-state index in [0.29, 0.717) is 0 Å². The first kappa shape index (κ1) is 15.6. The van der Waals surface area contributed by atoms with Crippen LogP contribution in [-0.2, 0) is 10.0 Å². The van der Waals surface area contributed by atoms with Crippen molar-refractivity contribution in [1.29, 1.82) is 0 Å². The first-order chi connectivity index (χ1) is 8.52. The molecule has 0 aromatic heterocycles. The van der Waals surface area contributed by atoms with E-state index in [1.807, 2.05) is 0 Å². The van der Waals surface area contributed by atoms with Crippen LogP contribution < -0.4 is 15.8 Å². The van der Waals surface area contributed by atoms with Gasteiger partial charge in [-0.1, -0.05) is 0 Å². The molecule has 108 valence electrons. The standard InChI is InChI=1S/C11H17F2N3O2S/c1-11(2,16-19(3,17)18)6-15-10-8(14)5-4-7(12)9(10)13/h4-5,15-16H,6,14H2,1-3H3. The molecule has 1 aromatic rings. The monoisotopic (exact) mass is 293 g/mol. The van der Waals surface area contributed by atoms with Gasteiger partial charge in [-0.05, 0) is 26.0 Å². The second-order valence-electron chi connectivity index (χ2n) is 4.94. The zero-order valence-electron chi connectivity index (χ0n) is 10.9. The van der Waals surface area contributed by atoms with E-state index in [9.17, 15) is 17.2 Å². The summed E-state index contributed by atoms with van der Waals surface area (Å²) in [5.74, 6) is -2.11. The van der Waals surface area contributed by atoms with Crippen molar-refractivity contribution < 1.29 is 17.2 Å². The Kier molecular flexibility index (Phi) is 4.36. The lowest BCUT2D eigenvalue weighted by atomic mass is 10.1. The minimum absolute atomic E-state index is 0.0463. The van der Waals surface area contributed by atoms with Crippen molar-refractivity contribution in [3.05, 3.63) is 23.8 Å². The van der Waals surface area contributed by atoms with Crippen molar-refractivity contribution in [2.75, 3.05) is 23.9 Å². The summed E-state index contributed by atoms with van der Waals surface area (Å²) in [6.45, 7) is 3.26. The Balaban J connectivity index is 2.85. The molecule has 0 aliphatic heterocycles. The maximum absolute atomic E-state index is 13.5. The van der Waals surface area contributed by atoms with Gasteiger partial charge >= 0.3 is 0 Å². The second kappa shape index (κ2) is 5.30. The van der Waals surface area contributed by atoms with E-state index >= 15 is 0 Å². The minimum atomic E-state index is -3.40. The van der Waals surface area contributed by atoms with Crippen LogP contribution in [0, 0.1) is 11.6 Å². The molecular weight excluding hydrogens is 276 g/mol. The molecule has 0 heterocycles. The molecule has 0 unspecified atom stereocenters. The molecule has 0 amide bonds. The fourth-order valence-electron chi connectivity index (χ4n) is 1.59. The number of sulfonamides is 1. The number of halogens is 2. The highest BCUT2D eigenvalue weighted by molar-refractivity contribution is 7.88. The summed E-state index contributed by atoms with van der Waals surface area (Å²) in [5, 5.41) is 2.62. The molecule has 1 rings (SSSR count). The Morgan fingerprint density at radius 1 is 1.32 bits per heavy atom. The fourth-order valence-corrected chi connectivity index (χ4v) is 2.67. The average Bonchev–Trinajstić information content (AvgIpc) is 2.20. The van der Waals surface area contributed by atoms with E-state index in [-0.39, 0.29) is 17.9 Å². The van der Waals surface area contributed by atoms with Gasteiger partial charge in [-0.15, -0.1) is 0 Å². The Labute approximate surface area is 111 Å². The molecule has 4 N–H and O–H groups in total. The molecule has 1 aromatic carbocycles. The molecule has 0 saturated heterocycles. The van der Waals surface area contributed by atoms with Crippen LogP contribution in [0.3, 0.4) is 0 Å². The van der Waals surface area contributed by atoms with Gasteiger partial charge in [-0.2, -0.15) is 0 Å². The van der Waals surface area contributed by atoms with Gasteiger partial charge in [0.15, 0.2) is 11.6 Å². The zero-order valence-corrected chi connectivity index (χ0v) is 11.7. The van der Waals surface area contributed by atoms with E-state index in [4.69, 9.17) is 5.73 Å². The van der Waals surface area contributed by atoms with Crippen LogP contribution in [-0.4, -0.2) is 26.8 Å². The number of nitrogen functional groups attached to an aromatic ring is 1. The molecule has 0 spiro atoms. The quantitative estimate of drug-likeness (QED) is 0.714. The third kappa shape index (κ3) is 4.64. The van der Waals surface area contributed by atoms with Crippen molar-refractivity contribution in [3.8, 4) is 0 Å². The van der Waals surface area contributed by atoms with E-state index in [1.165, 1.54) is 6.07 Å². The third-order valence-corrected chi connectivity index (χ3v) is 3.22. The van der Waals surface area contributed by atoms with Gasteiger partial charge in [0.2, 0.25) is 10.0 Å². The summed E-state index contributed by atoms with van der Waals surface area (Å²) in [6, 6.07) is 2.16. The highest BCUT2D eigenvalue weighted by Crippen LogP contribution is 2.25. The smallest absolute Gasteiger partial charge is 0.209 e. The average molecular weight is 293 g/mol. The third-order valence-electron chi connectivity index (χ3n) is 2.30. The van der Waals surface area contributed by atoms with E-state index in [0.717, 1.165) is 12.3 Å². The Morgan fingerprint density at radius 3 is 2.42 bits per heavy atom. The fraction of sp³-hybridized carbons (Fsp3) is 0.455. The van der Waals surface area contributed by atoms with Gasteiger partial charge in [0, 0.05) is 12.1 Å². The summed E-state index contributed by atoms with van der Waals surface area (Å²) in [6.07, 6.45) is 1.02. The van der Waals surface area contributed by atoms with Crippen LogP contribution in [0.15, 0.2) is 12.1 Å². The number of nitrogens with two attached hydrogens (primary N) is 1. The predicted molar refractivity (Wildman–Crippen MR) is 71.3 cm³/mol. The van der Waals surface area contributed by atoms with Crippen LogP contribution in [0.4, 0.5) is 20.2 Å². The predicted octanol–water partition coefficient (Wildman–Crippen LogP) is 1.29. The molecule has 19 heavy (non-hydrogen) atoms. The lowest BCUT2D eigenvalue weighted by molar-refractivity contribution is 0.472. The van der Waals surface area contributed by atoms with Crippen LogP contribution >= 0.6 is 0 Å². The maximum Gasteiger partial charge on any atom is 0.209 e. The van der Waals surface area contributed by atoms with Crippen molar-refractivity contribution in [2.24, 2.45) is 0 Å². The zero-order chi connectivity index (χ0) is 14.8. The summed E-state index contributed by atoms with van der Waals surface area (Å²) >= 11 is 0. The lowest BCUT2D eigenvalue weighted by Gasteiger charge is -2.26. The van der Waals surface area contributed by atoms with Crippen molar-refractivity contribution >= 4 is 21.4 Å². The number of benzene rings is 1. The van der Waals surface area contributed by atoms with Gasteiger partial charge in [0.05, 0.1) is 17.6 Å². The summed E-state index contributed by atoms with van der Waals surface area (Å²) < 4.78 is 51.3. The number of hydrogen-bond acceptors (Lipinski definition) is 4. The number of anilines is 2. The molecular formula is C11H17F2N3O2S. The molecule has 0 aliphatic rings. The Hall–Kier alpha value is -1.41. The number of nitrogens with one attached hydrogen (secondary N) is 2. The van der Waals surface area contributed by atoms with E-state index < -0.39 is 27.2 Å². The lowest BCUT2D eigenvalue weighted by Crippen LogP contribution is -2.47. The van der Waals surface area contributed by atoms with Crippen molar-refractivity contribution in [2.45, 2.75) is 19.4 Å². The van der Waals surface area contributed by atoms with Crippen molar-refractivity contribution in [1.82, 2.24) is 4.72 Å². The number of hydrogen-bond donors (Lipinski definition) is 3. The Bertz CT molecular complexity index is 574.